The van der Waals surface area contributed by atoms with Crippen molar-refractivity contribution >= 4 is 52.7 Å². The fraction of sp³-hybridized carbons (Fsp3) is 0.378. The predicted molar refractivity (Wildman–Crippen MR) is 196 cm³/mol. The van der Waals surface area contributed by atoms with E-state index in [1.807, 2.05) is 60.4 Å². The summed E-state index contributed by atoms with van der Waals surface area (Å²) in [5.74, 6) is 0.303. The first-order valence-corrected chi connectivity index (χ1v) is 18.3. The highest BCUT2D eigenvalue weighted by molar-refractivity contribution is 7.99. The van der Waals surface area contributed by atoms with E-state index in [1.54, 1.807) is 21.7 Å². The summed E-state index contributed by atoms with van der Waals surface area (Å²) in [6.07, 6.45) is 4.41. The molecular formula is C37H43Cl2N5O3S. The van der Waals surface area contributed by atoms with Gasteiger partial charge in [-0.25, -0.2) is 4.68 Å². The van der Waals surface area contributed by atoms with Crippen LogP contribution in [0.2, 0.25) is 10.0 Å². The Kier molecular flexibility index (Phi) is 12.5. The standard InChI is InChI=1S/C37H43Cl2N5O3S/c1-4-6-16-42(17-7-5-2)37(47)34-18-25(3)44(40-34)35-15-13-29(41-48-24-26-12-14-32(38)33(39)19-26)21-31(35)36(46)43-22-28-11-9-8-10-27(28)20-30(43)23-45/h8-15,18-19,21,30,41,45H,4-7,16-17,20,22-24H2,1-3H3/t30-/m0/s1. The molecule has 3 aromatic carbocycles. The van der Waals surface area contributed by atoms with Crippen LogP contribution in [-0.2, 0) is 18.7 Å². The topological polar surface area (TPSA) is 90.7 Å². The SMILES string of the molecule is CCCCN(CCCC)C(=O)c1cc(C)n(-c2ccc(NSCc3ccc(Cl)c(Cl)c3)cc2C(=O)N2Cc3ccccc3C[C@H]2CO)n1. The van der Waals surface area contributed by atoms with Crippen molar-refractivity contribution < 1.29 is 14.7 Å². The summed E-state index contributed by atoms with van der Waals surface area (Å²) < 4.78 is 5.06. The summed E-state index contributed by atoms with van der Waals surface area (Å²) in [4.78, 5) is 31.8. The Morgan fingerprint density at radius 1 is 0.979 bits per heavy atom. The lowest BCUT2D eigenvalue weighted by Crippen LogP contribution is -2.46. The molecule has 48 heavy (non-hydrogen) atoms. The number of amides is 2. The van der Waals surface area contributed by atoms with Gasteiger partial charge in [-0.05, 0) is 91.2 Å². The lowest BCUT2D eigenvalue weighted by molar-refractivity contribution is 0.0544. The van der Waals surface area contributed by atoms with Gasteiger partial charge in [0.25, 0.3) is 11.8 Å². The molecule has 1 aromatic heterocycles. The van der Waals surface area contributed by atoms with E-state index in [0.29, 0.717) is 58.8 Å². The number of rotatable bonds is 14. The molecule has 1 atom stereocenters. The Morgan fingerprint density at radius 3 is 2.40 bits per heavy atom. The number of aromatic nitrogens is 2. The van der Waals surface area contributed by atoms with Gasteiger partial charge in [-0.1, -0.05) is 80.2 Å². The third-order valence-corrected chi connectivity index (χ3v) is 10.2. The summed E-state index contributed by atoms with van der Waals surface area (Å²) >= 11 is 13.8. The maximum Gasteiger partial charge on any atom is 0.274 e. The van der Waals surface area contributed by atoms with Gasteiger partial charge < -0.3 is 19.6 Å². The van der Waals surface area contributed by atoms with Crippen molar-refractivity contribution in [2.75, 3.05) is 24.4 Å². The van der Waals surface area contributed by atoms with Crippen molar-refractivity contribution in [3.63, 3.8) is 0 Å². The first-order valence-electron chi connectivity index (χ1n) is 16.5. The second-order valence-electron chi connectivity index (χ2n) is 12.2. The maximum atomic E-state index is 14.5. The van der Waals surface area contributed by atoms with Gasteiger partial charge in [-0.15, -0.1) is 0 Å². The zero-order valence-corrected chi connectivity index (χ0v) is 30.0. The number of aliphatic hydroxyl groups excluding tert-OH is 1. The van der Waals surface area contributed by atoms with Crippen LogP contribution in [0.3, 0.4) is 0 Å². The maximum absolute atomic E-state index is 14.5. The largest absolute Gasteiger partial charge is 0.394 e. The molecule has 1 aliphatic heterocycles. The van der Waals surface area contributed by atoms with Crippen molar-refractivity contribution in [1.29, 1.82) is 0 Å². The van der Waals surface area contributed by atoms with Gasteiger partial charge in [0.2, 0.25) is 0 Å². The summed E-state index contributed by atoms with van der Waals surface area (Å²) in [6.45, 7) is 7.73. The molecule has 0 bridgehead atoms. The fourth-order valence-corrected chi connectivity index (χ4v) is 6.96. The lowest BCUT2D eigenvalue weighted by Gasteiger charge is -2.36. The van der Waals surface area contributed by atoms with E-state index in [9.17, 15) is 14.7 Å². The molecule has 0 spiro atoms. The average Bonchev–Trinajstić information content (AvgIpc) is 3.49. The number of nitrogens with one attached hydrogen (secondary N) is 1. The smallest absolute Gasteiger partial charge is 0.274 e. The third kappa shape index (κ3) is 8.37. The molecule has 0 radical (unpaired) electrons. The number of aryl methyl sites for hydroxylation is 1. The van der Waals surface area contributed by atoms with Crippen LogP contribution in [-0.4, -0.2) is 62.2 Å². The molecule has 0 fully saturated rings. The van der Waals surface area contributed by atoms with E-state index in [1.165, 1.54) is 11.9 Å². The average molecular weight is 709 g/mol. The number of fused-ring (bicyclic) bond motifs is 1. The minimum Gasteiger partial charge on any atom is -0.394 e. The van der Waals surface area contributed by atoms with Crippen molar-refractivity contribution in [2.24, 2.45) is 0 Å². The molecule has 5 rings (SSSR count). The van der Waals surface area contributed by atoms with Gasteiger partial charge in [-0.2, -0.15) is 5.10 Å². The molecule has 254 valence electrons. The van der Waals surface area contributed by atoms with E-state index < -0.39 is 0 Å². The zero-order chi connectivity index (χ0) is 34.2. The number of anilines is 1. The first-order chi connectivity index (χ1) is 23.2. The lowest BCUT2D eigenvalue weighted by atomic mass is 9.93. The number of carbonyl (C=O) groups is 2. The number of hydrogen-bond donors (Lipinski definition) is 2. The van der Waals surface area contributed by atoms with Crippen LogP contribution in [0.15, 0.2) is 66.7 Å². The summed E-state index contributed by atoms with van der Waals surface area (Å²) in [6, 6.07) is 20.6. The predicted octanol–water partition coefficient (Wildman–Crippen LogP) is 8.35. The van der Waals surface area contributed by atoms with Crippen LogP contribution in [0.1, 0.15) is 82.8 Å². The minimum absolute atomic E-state index is 0.100. The van der Waals surface area contributed by atoms with Crippen LogP contribution in [0.4, 0.5) is 5.69 Å². The van der Waals surface area contributed by atoms with E-state index >= 15 is 0 Å². The number of carbonyl (C=O) groups excluding carboxylic acids is 2. The van der Waals surface area contributed by atoms with Crippen molar-refractivity contribution in [1.82, 2.24) is 19.6 Å². The van der Waals surface area contributed by atoms with Gasteiger partial charge in [0.15, 0.2) is 5.69 Å². The Hall–Kier alpha value is -3.50. The molecule has 0 unspecified atom stereocenters. The first kappa shape index (κ1) is 35.8. The molecular weight excluding hydrogens is 665 g/mol. The van der Waals surface area contributed by atoms with Crippen LogP contribution in [0.5, 0.6) is 0 Å². The zero-order valence-electron chi connectivity index (χ0n) is 27.7. The molecule has 2 amide bonds. The Balaban J connectivity index is 1.48. The Bertz CT molecular complexity index is 1740. The molecule has 8 nitrogen and oxygen atoms in total. The molecule has 2 N–H and O–H groups in total. The second kappa shape index (κ2) is 16.7. The summed E-state index contributed by atoms with van der Waals surface area (Å²) in [5, 5.41) is 16.2. The van der Waals surface area contributed by atoms with E-state index in [4.69, 9.17) is 28.3 Å². The highest BCUT2D eigenvalue weighted by Gasteiger charge is 2.32. The molecule has 2 heterocycles. The molecule has 1 aliphatic rings. The number of nitrogens with zero attached hydrogens (tertiary/aromatic N) is 4. The van der Waals surface area contributed by atoms with Crippen LogP contribution in [0.25, 0.3) is 5.69 Å². The van der Waals surface area contributed by atoms with Gasteiger partial charge in [-0.3, -0.25) is 9.59 Å². The van der Waals surface area contributed by atoms with Crippen LogP contribution < -0.4 is 4.72 Å². The summed E-state index contributed by atoms with van der Waals surface area (Å²) in [7, 11) is 0. The normalized spacial score (nSPS) is 14.1. The number of benzene rings is 3. The van der Waals surface area contributed by atoms with Crippen LogP contribution >= 0.6 is 35.1 Å². The van der Waals surface area contributed by atoms with Gasteiger partial charge in [0, 0.05) is 36.8 Å². The van der Waals surface area contributed by atoms with Crippen molar-refractivity contribution in [2.45, 2.75) is 71.2 Å². The summed E-state index contributed by atoms with van der Waals surface area (Å²) in [5.41, 5.74) is 6.03. The Morgan fingerprint density at radius 2 is 1.71 bits per heavy atom. The van der Waals surface area contributed by atoms with Gasteiger partial charge in [0.1, 0.15) is 0 Å². The molecule has 0 aliphatic carbocycles. The van der Waals surface area contributed by atoms with Crippen molar-refractivity contribution in [3.05, 3.63) is 110 Å². The van der Waals surface area contributed by atoms with E-state index in [2.05, 4.69) is 24.6 Å². The molecule has 0 saturated carbocycles. The number of halogens is 2. The molecule has 11 heteroatoms. The molecule has 0 saturated heterocycles. The fourth-order valence-electron chi connectivity index (χ4n) is 5.93. The van der Waals surface area contributed by atoms with Crippen LogP contribution in [0, 0.1) is 6.92 Å². The molecule has 4 aromatic rings. The number of aliphatic hydroxyl groups is 1. The highest BCUT2D eigenvalue weighted by atomic mass is 35.5. The van der Waals surface area contributed by atoms with Crippen molar-refractivity contribution in [3.8, 4) is 5.69 Å². The quantitative estimate of drug-likeness (QED) is 0.128. The van der Waals surface area contributed by atoms with E-state index in [0.717, 1.165) is 53.8 Å². The number of hydrogen-bond acceptors (Lipinski definition) is 6. The third-order valence-electron chi connectivity index (χ3n) is 8.65. The Labute approximate surface area is 297 Å². The minimum atomic E-state index is -0.373. The van der Waals surface area contributed by atoms with E-state index in [-0.39, 0.29) is 24.5 Å². The van der Waals surface area contributed by atoms with Gasteiger partial charge in [0.05, 0.1) is 33.9 Å². The monoisotopic (exact) mass is 707 g/mol. The highest BCUT2D eigenvalue weighted by Crippen LogP contribution is 2.30. The van der Waals surface area contributed by atoms with Gasteiger partial charge >= 0.3 is 0 Å². The number of unbranched alkanes of at least 4 members (excludes halogenated alkanes) is 2. The second-order valence-corrected chi connectivity index (χ2v) is 13.8.